The van der Waals surface area contributed by atoms with Crippen LogP contribution in [0.5, 0.6) is 0 Å². The van der Waals surface area contributed by atoms with E-state index in [1.54, 1.807) is 0 Å². The van der Waals surface area contributed by atoms with Crippen molar-refractivity contribution in [3.63, 3.8) is 0 Å². The molecule has 0 aliphatic heterocycles. The van der Waals surface area contributed by atoms with E-state index in [-0.39, 0.29) is 6.61 Å². The molecule has 0 aromatic carbocycles. The van der Waals surface area contributed by atoms with Gasteiger partial charge in [0, 0.05) is 38.1 Å². The molecule has 1 aromatic rings. The van der Waals surface area contributed by atoms with E-state index in [1.165, 1.54) is 18.4 Å². The van der Waals surface area contributed by atoms with Crippen molar-refractivity contribution in [2.75, 3.05) is 13.2 Å². The molecule has 108 valence electrons. The fourth-order valence-corrected chi connectivity index (χ4v) is 1.82. The maximum Gasteiger partial charge on any atom is 0.411 e. The molecule has 0 spiro atoms. The summed E-state index contributed by atoms with van der Waals surface area (Å²) >= 11 is 0. The highest BCUT2D eigenvalue weighted by Gasteiger charge is 2.27. The molecule has 2 rings (SSSR count). The van der Waals surface area contributed by atoms with Crippen molar-refractivity contribution in [2.24, 2.45) is 0 Å². The standard InChI is InChI=1S/C13H19F3N2O/c14-13(15,16)10-19-7-1-5-18-6-4-11(9-18)8-17-12-2-3-12/h4,6,9,12,17H,1-3,5,7-8,10H2. The molecule has 1 N–H and O–H groups in total. The number of ether oxygens (including phenoxy) is 1. The quantitative estimate of drug-likeness (QED) is 0.739. The van der Waals surface area contributed by atoms with Gasteiger partial charge in [-0.2, -0.15) is 13.2 Å². The Morgan fingerprint density at radius 3 is 2.84 bits per heavy atom. The maximum atomic E-state index is 11.8. The van der Waals surface area contributed by atoms with Gasteiger partial charge in [-0.25, -0.2) is 0 Å². The topological polar surface area (TPSA) is 26.2 Å². The molecule has 0 bridgehead atoms. The van der Waals surface area contributed by atoms with Gasteiger partial charge in [0.15, 0.2) is 0 Å². The van der Waals surface area contributed by atoms with Gasteiger partial charge >= 0.3 is 6.18 Å². The van der Waals surface area contributed by atoms with Gasteiger partial charge in [0.25, 0.3) is 0 Å². The third-order valence-electron chi connectivity index (χ3n) is 2.95. The second-order valence-corrected chi connectivity index (χ2v) is 4.93. The van der Waals surface area contributed by atoms with Crippen LogP contribution in [0.2, 0.25) is 0 Å². The predicted octanol–water partition coefficient (Wildman–Crippen LogP) is 2.71. The second kappa shape index (κ2) is 6.43. The van der Waals surface area contributed by atoms with Crippen LogP contribution < -0.4 is 5.32 Å². The van der Waals surface area contributed by atoms with Gasteiger partial charge < -0.3 is 14.6 Å². The fourth-order valence-electron chi connectivity index (χ4n) is 1.82. The van der Waals surface area contributed by atoms with Gasteiger partial charge in [0.1, 0.15) is 6.61 Å². The summed E-state index contributed by atoms with van der Waals surface area (Å²) in [6, 6.07) is 2.71. The first-order chi connectivity index (χ1) is 9.03. The molecule has 6 heteroatoms. The Bertz CT molecular complexity index is 385. The Morgan fingerprint density at radius 1 is 1.37 bits per heavy atom. The van der Waals surface area contributed by atoms with Crippen molar-refractivity contribution in [1.82, 2.24) is 9.88 Å². The summed E-state index contributed by atoms with van der Waals surface area (Å²) in [6.45, 7) is 0.520. The average Bonchev–Trinajstić information content (AvgIpc) is 3.05. The largest absolute Gasteiger partial charge is 0.411 e. The average molecular weight is 276 g/mol. The number of hydrogen-bond acceptors (Lipinski definition) is 2. The summed E-state index contributed by atoms with van der Waals surface area (Å²) in [4.78, 5) is 0. The Kier molecular flexibility index (Phi) is 4.87. The van der Waals surface area contributed by atoms with Crippen molar-refractivity contribution in [3.05, 3.63) is 24.0 Å². The van der Waals surface area contributed by atoms with Gasteiger partial charge in [0.2, 0.25) is 0 Å². The Morgan fingerprint density at radius 2 is 2.16 bits per heavy atom. The number of hydrogen-bond donors (Lipinski definition) is 1. The van der Waals surface area contributed by atoms with Crippen molar-refractivity contribution >= 4 is 0 Å². The van der Waals surface area contributed by atoms with Crippen LogP contribution in [0.1, 0.15) is 24.8 Å². The number of nitrogens with zero attached hydrogens (tertiary/aromatic N) is 1. The summed E-state index contributed by atoms with van der Waals surface area (Å²) in [5, 5.41) is 3.42. The third kappa shape index (κ3) is 6.11. The molecule has 3 nitrogen and oxygen atoms in total. The molecule has 0 amide bonds. The highest BCUT2D eigenvalue weighted by atomic mass is 19.4. The lowest BCUT2D eigenvalue weighted by Crippen LogP contribution is -2.17. The van der Waals surface area contributed by atoms with Crippen LogP contribution in [-0.4, -0.2) is 30.0 Å². The second-order valence-electron chi connectivity index (χ2n) is 4.93. The van der Waals surface area contributed by atoms with Crippen LogP contribution in [0, 0.1) is 0 Å². The van der Waals surface area contributed by atoms with Gasteiger partial charge in [-0.1, -0.05) is 0 Å². The number of halogens is 3. The van der Waals surface area contributed by atoms with Gasteiger partial charge in [-0.3, -0.25) is 0 Å². The molecule has 0 radical (unpaired) electrons. The van der Waals surface area contributed by atoms with Crippen LogP contribution >= 0.6 is 0 Å². The first kappa shape index (κ1) is 14.4. The van der Waals surface area contributed by atoms with Crippen molar-refractivity contribution in [3.8, 4) is 0 Å². The minimum Gasteiger partial charge on any atom is -0.372 e. The number of aromatic nitrogens is 1. The maximum absolute atomic E-state index is 11.8. The van der Waals surface area contributed by atoms with Crippen molar-refractivity contribution < 1.29 is 17.9 Å². The summed E-state index contributed by atoms with van der Waals surface area (Å²) in [6.07, 6.45) is 2.86. The van der Waals surface area contributed by atoms with Crippen LogP contribution in [0.15, 0.2) is 18.5 Å². The van der Waals surface area contributed by atoms with Gasteiger partial charge in [0.05, 0.1) is 0 Å². The van der Waals surface area contributed by atoms with E-state index in [0.29, 0.717) is 19.0 Å². The van der Waals surface area contributed by atoms with E-state index in [0.717, 1.165) is 6.54 Å². The predicted molar refractivity (Wildman–Crippen MR) is 65.8 cm³/mol. The fraction of sp³-hybridized carbons (Fsp3) is 0.692. The zero-order valence-corrected chi connectivity index (χ0v) is 10.7. The first-order valence-corrected chi connectivity index (χ1v) is 6.55. The number of alkyl halides is 3. The molecule has 1 saturated carbocycles. The lowest BCUT2D eigenvalue weighted by molar-refractivity contribution is -0.174. The lowest BCUT2D eigenvalue weighted by Gasteiger charge is -2.07. The summed E-state index contributed by atoms with van der Waals surface area (Å²) in [5.74, 6) is 0. The molecule has 0 saturated heterocycles. The molecule has 0 atom stereocenters. The van der Waals surface area contributed by atoms with E-state index in [2.05, 4.69) is 10.1 Å². The molecule has 1 heterocycles. The molecular weight excluding hydrogens is 257 g/mol. The lowest BCUT2D eigenvalue weighted by atomic mass is 10.3. The highest BCUT2D eigenvalue weighted by Crippen LogP contribution is 2.19. The zero-order valence-electron chi connectivity index (χ0n) is 10.7. The van der Waals surface area contributed by atoms with Crippen LogP contribution in [0.4, 0.5) is 13.2 Å². The molecule has 1 aliphatic carbocycles. The molecular formula is C13H19F3N2O. The van der Waals surface area contributed by atoms with Crippen molar-refractivity contribution in [1.29, 1.82) is 0 Å². The molecule has 0 unspecified atom stereocenters. The van der Waals surface area contributed by atoms with Crippen molar-refractivity contribution in [2.45, 2.75) is 44.6 Å². The summed E-state index contributed by atoms with van der Waals surface area (Å²) in [5.41, 5.74) is 1.21. The molecule has 19 heavy (non-hydrogen) atoms. The Hall–Kier alpha value is -1.01. The van der Waals surface area contributed by atoms with E-state index in [4.69, 9.17) is 0 Å². The van der Waals surface area contributed by atoms with Gasteiger partial charge in [-0.05, 0) is 30.9 Å². The SMILES string of the molecule is FC(F)(F)COCCCn1ccc(CNC2CC2)c1. The van der Waals surface area contributed by atoms with Crippen LogP contribution in [-0.2, 0) is 17.8 Å². The molecule has 1 fully saturated rings. The highest BCUT2D eigenvalue weighted by molar-refractivity contribution is 5.10. The van der Waals surface area contributed by atoms with E-state index < -0.39 is 12.8 Å². The number of rotatable bonds is 8. The third-order valence-corrected chi connectivity index (χ3v) is 2.95. The minimum atomic E-state index is -4.23. The van der Waals surface area contributed by atoms with E-state index in [1.807, 2.05) is 23.0 Å². The zero-order chi connectivity index (χ0) is 13.7. The van der Waals surface area contributed by atoms with Crippen LogP contribution in [0.25, 0.3) is 0 Å². The van der Waals surface area contributed by atoms with Gasteiger partial charge in [-0.15, -0.1) is 0 Å². The summed E-state index contributed by atoms with van der Waals surface area (Å²) in [7, 11) is 0. The smallest absolute Gasteiger partial charge is 0.372 e. The Labute approximate surface area is 110 Å². The summed E-state index contributed by atoms with van der Waals surface area (Å²) < 4.78 is 42.0. The molecule has 1 aliphatic rings. The monoisotopic (exact) mass is 276 g/mol. The van der Waals surface area contributed by atoms with E-state index >= 15 is 0 Å². The number of nitrogens with one attached hydrogen (secondary N) is 1. The first-order valence-electron chi connectivity index (χ1n) is 6.55. The normalized spacial score (nSPS) is 15.9. The molecule has 1 aromatic heterocycles. The minimum absolute atomic E-state index is 0.132. The van der Waals surface area contributed by atoms with E-state index in [9.17, 15) is 13.2 Å². The van der Waals surface area contributed by atoms with Crippen LogP contribution in [0.3, 0.4) is 0 Å². The number of aryl methyl sites for hydroxylation is 1. The Balaban J connectivity index is 1.57.